The monoisotopic (exact) mass is 444 g/mol. The van der Waals surface area contributed by atoms with Gasteiger partial charge in [0.1, 0.15) is 15.8 Å². The van der Waals surface area contributed by atoms with Crippen LogP contribution in [0.3, 0.4) is 0 Å². The second-order valence-corrected chi connectivity index (χ2v) is 9.09. The van der Waals surface area contributed by atoms with Crippen LogP contribution in [0.15, 0.2) is 28.0 Å². The third-order valence-corrected chi connectivity index (χ3v) is 6.58. The molecule has 2 fully saturated rings. The van der Waals surface area contributed by atoms with E-state index in [-0.39, 0.29) is 17.6 Å². The summed E-state index contributed by atoms with van der Waals surface area (Å²) in [5.74, 6) is 0.302. The second kappa shape index (κ2) is 8.87. The standard InChI is InChI=1S/C21H24N4O3S2/c1-3-8-25-20(27)16(30-21(25)29)11-15-17(22-12-14-7-5-10-28-14)23-18-13(2)6-4-9-24(18)19(15)26/h4,6,9,11,14,22H,3,5,7-8,10,12H2,1-2H3/b16-11-/t14-/m1/s1. The number of hydrogen-bond donors (Lipinski definition) is 1. The van der Waals surface area contributed by atoms with E-state index in [0.717, 1.165) is 31.4 Å². The van der Waals surface area contributed by atoms with Crippen molar-refractivity contribution < 1.29 is 9.53 Å². The van der Waals surface area contributed by atoms with E-state index in [1.165, 1.54) is 16.2 Å². The lowest BCUT2D eigenvalue weighted by atomic mass is 10.2. The normalized spacial score (nSPS) is 20.7. The Bertz CT molecular complexity index is 1090. The lowest BCUT2D eigenvalue weighted by Crippen LogP contribution is -2.28. The van der Waals surface area contributed by atoms with Crippen molar-refractivity contribution in [2.24, 2.45) is 0 Å². The first kappa shape index (κ1) is 21.0. The van der Waals surface area contributed by atoms with Gasteiger partial charge in [0.05, 0.1) is 16.6 Å². The number of nitrogens with zero attached hydrogens (tertiary/aromatic N) is 3. The maximum Gasteiger partial charge on any atom is 0.267 e. The number of fused-ring (bicyclic) bond motifs is 1. The molecule has 2 aromatic rings. The van der Waals surface area contributed by atoms with Crippen LogP contribution in [0.4, 0.5) is 5.82 Å². The van der Waals surface area contributed by atoms with Crippen molar-refractivity contribution in [1.29, 1.82) is 0 Å². The van der Waals surface area contributed by atoms with E-state index in [4.69, 9.17) is 21.9 Å². The summed E-state index contributed by atoms with van der Waals surface area (Å²) >= 11 is 6.58. The van der Waals surface area contributed by atoms with Gasteiger partial charge in [0, 0.05) is 25.9 Å². The van der Waals surface area contributed by atoms with Gasteiger partial charge in [0.15, 0.2) is 0 Å². The number of thiocarbonyl (C=S) groups is 1. The zero-order valence-electron chi connectivity index (χ0n) is 17.0. The first-order chi connectivity index (χ1) is 14.5. The summed E-state index contributed by atoms with van der Waals surface area (Å²) in [5.41, 5.74) is 1.62. The number of hydrogen-bond acceptors (Lipinski definition) is 7. The van der Waals surface area contributed by atoms with Gasteiger partial charge in [0.2, 0.25) is 0 Å². The van der Waals surface area contributed by atoms with Gasteiger partial charge in [-0.25, -0.2) is 4.98 Å². The van der Waals surface area contributed by atoms with Crippen LogP contribution in [0.25, 0.3) is 11.7 Å². The number of nitrogens with one attached hydrogen (secondary N) is 1. The quantitative estimate of drug-likeness (QED) is 0.542. The molecule has 0 unspecified atom stereocenters. The number of thioether (sulfide) groups is 1. The molecule has 1 amide bonds. The first-order valence-electron chi connectivity index (χ1n) is 10.1. The van der Waals surface area contributed by atoms with Crippen LogP contribution in [0, 0.1) is 6.92 Å². The number of anilines is 1. The average molecular weight is 445 g/mol. The van der Waals surface area contributed by atoms with Crippen LogP contribution in [0.5, 0.6) is 0 Å². The topological polar surface area (TPSA) is 75.9 Å². The highest BCUT2D eigenvalue weighted by Crippen LogP contribution is 2.33. The smallest absolute Gasteiger partial charge is 0.267 e. The number of carbonyl (C=O) groups excluding carboxylic acids is 1. The van der Waals surface area contributed by atoms with Gasteiger partial charge in [-0.1, -0.05) is 37.0 Å². The zero-order valence-corrected chi connectivity index (χ0v) is 18.6. The van der Waals surface area contributed by atoms with Crippen LogP contribution >= 0.6 is 24.0 Å². The number of aromatic nitrogens is 2. The molecule has 0 aliphatic carbocycles. The molecule has 0 aromatic carbocycles. The van der Waals surface area contributed by atoms with E-state index in [0.29, 0.717) is 39.3 Å². The Morgan fingerprint density at radius 1 is 1.43 bits per heavy atom. The Morgan fingerprint density at radius 2 is 2.27 bits per heavy atom. The SMILES string of the molecule is CCCN1C(=O)/C(=C/c2c(NC[C@H]3CCCO3)nc3c(C)cccn3c2=O)SC1=S. The fraction of sp³-hybridized carbons (Fsp3) is 0.429. The molecule has 7 nitrogen and oxygen atoms in total. The van der Waals surface area contributed by atoms with Crippen molar-refractivity contribution in [3.63, 3.8) is 0 Å². The Morgan fingerprint density at radius 3 is 3.00 bits per heavy atom. The lowest BCUT2D eigenvalue weighted by Gasteiger charge is -2.15. The average Bonchev–Trinajstić information content (AvgIpc) is 3.34. The van der Waals surface area contributed by atoms with Gasteiger partial charge in [-0.2, -0.15) is 0 Å². The highest BCUT2D eigenvalue weighted by atomic mass is 32.2. The molecule has 2 saturated heterocycles. The lowest BCUT2D eigenvalue weighted by molar-refractivity contribution is -0.122. The van der Waals surface area contributed by atoms with Gasteiger partial charge in [-0.05, 0) is 43.9 Å². The molecular formula is C21H24N4O3S2. The van der Waals surface area contributed by atoms with E-state index in [9.17, 15) is 9.59 Å². The van der Waals surface area contributed by atoms with E-state index in [2.05, 4.69) is 5.32 Å². The number of carbonyl (C=O) groups is 1. The molecule has 2 aliphatic rings. The molecule has 9 heteroatoms. The number of rotatable bonds is 6. The van der Waals surface area contributed by atoms with Crippen LogP contribution in [0.2, 0.25) is 0 Å². The third-order valence-electron chi connectivity index (χ3n) is 5.20. The number of pyridine rings is 1. The Hall–Kier alpha value is -2.23. The highest BCUT2D eigenvalue weighted by Gasteiger charge is 2.32. The van der Waals surface area contributed by atoms with Gasteiger partial charge >= 0.3 is 0 Å². The summed E-state index contributed by atoms with van der Waals surface area (Å²) in [6, 6.07) is 3.73. The fourth-order valence-electron chi connectivity index (χ4n) is 3.64. The molecule has 4 rings (SSSR count). The van der Waals surface area contributed by atoms with E-state index in [1.54, 1.807) is 17.2 Å². The summed E-state index contributed by atoms with van der Waals surface area (Å²) < 4.78 is 7.73. The Balaban J connectivity index is 1.77. The summed E-state index contributed by atoms with van der Waals surface area (Å²) in [6.45, 7) is 5.80. The molecule has 0 spiro atoms. The molecule has 158 valence electrons. The van der Waals surface area contributed by atoms with E-state index < -0.39 is 0 Å². The molecule has 1 N–H and O–H groups in total. The zero-order chi connectivity index (χ0) is 21.3. The van der Waals surface area contributed by atoms with Crippen molar-refractivity contribution in [3.8, 4) is 0 Å². The Labute approximate surface area is 184 Å². The fourth-order valence-corrected chi connectivity index (χ4v) is 4.93. The minimum Gasteiger partial charge on any atom is -0.376 e. The molecule has 30 heavy (non-hydrogen) atoms. The van der Waals surface area contributed by atoms with Crippen molar-refractivity contribution in [2.75, 3.05) is 25.0 Å². The van der Waals surface area contributed by atoms with E-state index in [1.807, 2.05) is 26.0 Å². The predicted molar refractivity (Wildman–Crippen MR) is 124 cm³/mol. The van der Waals surface area contributed by atoms with Gasteiger partial charge < -0.3 is 10.1 Å². The number of ether oxygens (including phenoxy) is 1. The number of aryl methyl sites for hydroxylation is 1. The minimum absolute atomic E-state index is 0.0951. The summed E-state index contributed by atoms with van der Waals surface area (Å²) in [6.07, 6.45) is 6.24. The molecule has 2 aliphatic heterocycles. The van der Waals surface area contributed by atoms with Gasteiger partial charge in [-0.3, -0.25) is 18.9 Å². The predicted octanol–water partition coefficient (Wildman–Crippen LogP) is 3.21. The van der Waals surface area contributed by atoms with Crippen LogP contribution in [-0.2, 0) is 9.53 Å². The number of amides is 1. The molecule has 0 radical (unpaired) electrons. The Kier molecular flexibility index (Phi) is 6.21. The largest absolute Gasteiger partial charge is 0.376 e. The van der Waals surface area contributed by atoms with E-state index >= 15 is 0 Å². The summed E-state index contributed by atoms with van der Waals surface area (Å²) in [4.78, 5) is 32.9. The summed E-state index contributed by atoms with van der Waals surface area (Å²) in [7, 11) is 0. The van der Waals surface area contributed by atoms with Gasteiger partial charge in [0.25, 0.3) is 11.5 Å². The van der Waals surface area contributed by atoms with Crippen molar-refractivity contribution in [2.45, 2.75) is 39.2 Å². The van der Waals surface area contributed by atoms with Crippen LogP contribution < -0.4 is 10.9 Å². The van der Waals surface area contributed by atoms with Crippen molar-refractivity contribution in [1.82, 2.24) is 14.3 Å². The molecule has 0 saturated carbocycles. The molecule has 1 atom stereocenters. The first-order valence-corrected chi connectivity index (χ1v) is 11.3. The minimum atomic E-state index is -0.223. The van der Waals surface area contributed by atoms with Gasteiger partial charge in [-0.15, -0.1) is 0 Å². The summed E-state index contributed by atoms with van der Waals surface area (Å²) in [5, 5.41) is 3.29. The highest BCUT2D eigenvalue weighted by molar-refractivity contribution is 8.26. The molecular weight excluding hydrogens is 420 g/mol. The third kappa shape index (κ3) is 4.01. The maximum atomic E-state index is 13.3. The molecule has 2 aromatic heterocycles. The molecule has 0 bridgehead atoms. The van der Waals surface area contributed by atoms with Crippen LogP contribution in [0.1, 0.15) is 37.3 Å². The molecule has 4 heterocycles. The van der Waals surface area contributed by atoms with Crippen molar-refractivity contribution >= 4 is 51.7 Å². The van der Waals surface area contributed by atoms with Crippen molar-refractivity contribution in [3.05, 3.63) is 44.7 Å². The van der Waals surface area contributed by atoms with Crippen LogP contribution in [-0.4, -0.2) is 50.3 Å². The second-order valence-electron chi connectivity index (χ2n) is 7.41. The maximum absolute atomic E-state index is 13.3.